The van der Waals surface area contributed by atoms with Crippen molar-refractivity contribution in [3.05, 3.63) is 0 Å². The largest absolute Gasteiger partial charge is 0.381 e. The van der Waals surface area contributed by atoms with E-state index < -0.39 is 0 Å². The second kappa shape index (κ2) is 4.40. The smallest absolute Gasteiger partial charge is 0.0521 e. The van der Waals surface area contributed by atoms with Crippen LogP contribution in [0.25, 0.3) is 0 Å². The van der Waals surface area contributed by atoms with Gasteiger partial charge in [-0.2, -0.15) is 0 Å². The molecule has 3 nitrogen and oxygen atoms in total. The Kier molecular flexibility index (Phi) is 3.19. The standard InChI is InChI=1S/C10H20N2O/c11-7-9-8-13-6-3-10(9)12-4-1-2-5-12/h9-10H,1-8,11H2. The van der Waals surface area contributed by atoms with E-state index in [0.717, 1.165) is 19.8 Å². The minimum absolute atomic E-state index is 0.576. The van der Waals surface area contributed by atoms with Gasteiger partial charge < -0.3 is 10.5 Å². The summed E-state index contributed by atoms with van der Waals surface area (Å²) >= 11 is 0. The lowest BCUT2D eigenvalue weighted by Gasteiger charge is -2.37. The van der Waals surface area contributed by atoms with E-state index in [2.05, 4.69) is 4.90 Å². The molecule has 2 heterocycles. The maximum atomic E-state index is 5.75. The second-order valence-electron chi connectivity index (χ2n) is 4.17. The van der Waals surface area contributed by atoms with Gasteiger partial charge in [0.25, 0.3) is 0 Å². The summed E-state index contributed by atoms with van der Waals surface area (Å²) in [5.41, 5.74) is 5.75. The molecule has 2 saturated heterocycles. The molecule has 0 radical (unpaired) electrons. The summed E-state index contributed by atoms with van der Waals surface area (Å²) < 4.78 is 5.46. The van der Waals surface area contributed by atoms with Gasteiger partial charge in [0.05, 0.1) is 6.61 Å². The molecule has 0 aromatic carbocycles. The number of nitrogens with two attached hydrogens (primary N) is 1. The Bertz CT molecular complexity index is 155. The maximum absolute atomic E-state index is 5.75. The number of hydrogen-bond donors (Lipinski definition) is 1. The van der Waals surface area contributed by atoms with Crippen LogP contribution in [0, 0.1) is 5.92 Å². The molecular formula is C10H20N2O. The highest BCUT2D eigenvalue weighted by atomic mass is 16.5. The summed E-state index contributed by atoms with van der Waals surface area (Å²) in [7, 11) is 0. The summed E-state index contributed by atoms with van der Waals surface area (Å²) in [5.74, 6) is 0.576. The molecule has 0 bridgehead atoms. The van der Waals surface area contributed by atoms with Gasteiger partial charge in [0.1, 0.15) is 0 Å². The van der Waals surface area contributed by atoms with Crippen LogP contribution in [0.1, 0.15) is 19.3 Å². The maximum Gasteiger partial charge on any atom is 0.0521 e. The topological polar surface area (TPSA) is 38.5 Å². The quantitative estimate of drug-likeness (QED) is 0.677. The van der Waals surface area contributed by atoms with E-state index in [1.807, 2.05) is 0 Å². The van der Waals surface area contributed by atoms with Crippen LogP contribution in [0.4, 0.5) is 0 Å². The minimum Gasteiger partial charge on any atom is -0.381 e. The highest BCUT2D eigenvalue weighted by molar-refractivity contribution is 4.85. The average molecular weight is 184 g/mol. The summed E-state index contributed by atoms with van der Waals surface area (Å²) in [5, 5.41) is 0. The van der Waals surface area contributed by atoms with Crippen LogP contribution in [0.5, 0.6) is 0 Å². The van der Waals surface area contributed by atoms with Gasteiger partial charge in [-0.1, -0.05) is 0 Å². The van der Waals surface area contributed by atoms with Gasteiger partial charge in [-0.3, -0.25) is 4.90 Å². The van der Waals surface area contributed by atoms with Gasteiger partial charge in [0.2, 0.25) is 0 Å². The van der Waals surface area contributed by atoms with Gasteiger partial charge in [-0.15, -0.1) is 0 Å². The third kappa shape index (κ3) is 2.03. The SMILES string of the molecule is NCC1COCCC1N1CCCC1. The molecule has 2 fully saturated rings. The molecule has 0 aromatic rings. The number of likely N-dealkylation sites (tertiary alicyclic amines) is 1. The molecule has 2 aliphatic rings. The van der Waals surface area contributed by atoms with Crippen LogP contribution < -0.4 is 5.73 Å². The van der Waals surface area contributed by atoms with Crippen molar-refractivity contribution in [2.45, 2.75) is 25.3 Å². The molecule has 2 rings (SSSR count). The molecule has 2 aliphatic heterocycles. The number of rotatable bonds is 2. The van der Waals surface area contributed by atoms with Crippen LogP contribution in [-0.2, 0) is 4.74 Å². The van der Waals surface area contributed by atoms with E-state index in [4.69, 9.17) is 10.5 Å². The second-order valence-corrected chi connectivity index (χ2v) is 4.17. The third-order valence-electron chi connectivity index (χ3n) is 3.35. The number of ether oxygens (including phenoxy) is 1. The zero-order valence-corrected chi connectivity index (χ0v) is 8.24. The summed E-state index contributed by atoms with van der Waals surface area (Å²) in [4.78, 5) is 2.61. The van der Waals surface area contributed by atoms with Crippen molar-refractivity contribution in [2.24, 2.45) is 11.7 Å². The number of hydrogen-bond acceptors (Lipinski definition) is 3. The highest BCUT2D eigenvalue weighted by Gasteiger charge is 2.30. The summed E-state index contributed by atoms with van der Waals surface area (Å²) in [6.45, 7) is 5.14. The van der Waals surface area contributed by atoms with E-state index in [1.165, 1.54) is 32.4 Å². The molecule has 3 heteroatoms. The Labute approximate surface area is 80.2 Å². The Morgan fingerprint density at radius 3 is 2.77 bits per heavy atom. The van der Waals surface area contributed by atoms with E-state index >= 15 is 0 Å². The molecule has 0 aliphatic carbocycles. The van der Waals surface area contributed by atoms with E-state index in [1.54, 1.807) is 0 Å². The van der Waals surface area contributed by atoms with Gasteiger partial charge >= 0.3 is 0 Å². The van der Waals surface area contributed by atoms with Crippen molar-refractivity contribution in [2.75, 3.05) is 32.8 Å². The van der Waals surface area contributed by atoms with E-state index in [9.17, 15) is 0 Å². The zero-order valence-electron chi connectivity index (χ0n) is 8.24. The highest BCUT2D eigenvalue weighted by Crippen LogP contribution is 2.23. The first-order valence-electron chi connectivity index (χ1n) is 5.43. The molecule has 76 valence electrons. The fourth-order valence-corrected chi connectivity index (χ4v) is 2.56. The Balaban J connectivity index is 1.93. The van der Waals surface area contributed by atoms with E-state index in [0.29, 0.717) is 12.0 Å². The first-order valence-corrected chi connectivity index (χ1v) is 5.43. The predicted octanol–water partition coefficient (Wildman–Crippen LogP) is 0.446. The van der Waals surface area contributed by atoms with Crippen molar-refractivity contribution in [1.29, 1.82) is 0 Å². The van der Waals surface area contributed by atoms with Gasteiger partial charge in [-0.05, 0) is 38.9 Å². The first kappa shape index (κ1) is 9.44. The van der Waals surface area contributed by atoms with Crippen LogP contribution >= 0.6 is 0 Å². The number of nitrogens with zero attached hydrogens (tertiary/aromatic N) is 1. The molecule has 0 spiro atoms. The molecule has 0 aromatic heterocycles. The van der Waals surface area contributed by atoms with Crippen molar-refractivity contribution >= 4 is 0 Å². The molecule has 13 heavy (non-hydrogen) atoms. The van der Waals surface area contributed by atoms with Crippen LogP contribution in [0.15, 0.2) is 0 Å². The van der Waals surface area contributed by atoms with Crippen LogP contribution in [0.2, 0.25) is 0 Å². The Morgan fingerprint density at radius 1 is 1.31 bits per heavy atom. The van der Waals surface area contributed by atoms with Crippen molar-refractivity contribution < 1.29 is 4.74 Å². The minimum atomic E-state index is 0.576. The van der Waals surface area contributed by atoms with Crippen molar-refractivity contribution in [3.8, 4) is 0 Å². The lowest BCUT2D eigenvalue weighted by Crippen LogP contribution is -2.47. The summed E-state index contributed by atoms with van der Waals surface area (Å²) in [6, 6.07) is 0.709. The van der Waals surface area contributed by atoms with Gasteiger partial charge in [-0.25, -0.2) is 0 Å². The Morgan fingerprint density at radius 2 is 2.08 bits per heavy atom. The molecule has 2 unspecified atom stereocenters. The monoisotopic (exact) mass is 184 g/mol. The van der Waals surface area contributed by atoms with E-state index in [-0.39, 0.29) is 0 Å². The van der Waals surface area contributed by atoms with Gasteiger partial charge in [0, 0.05) is 18.6 Å². The van der Waals surface area contributed by atoms with Crippen LogP contribution in [0.3, 0.4) is 0 Å². The molecule has 2 N–H and O–H groups in total. The lowest BCUT2D eigenvalue weighted by atomic mass is 9.94. The third-order valence-corrected chi connectivity index (χ3v) is 3.35. The van der Waals surface area contributed by atoms with Gasteiger partial charge in [0.15, 0.2) is 0 Å². The molecular weight excluding hydrogens is 164 g/mol. The van der Waals surface area contributed by atoms with Crippen molar-refractivity contribution in [1.82, 2.24) is 4.90 Å². The predicted molar refractivity (Wildman–Crippen MR) is 52.6 cm³/mol. The summed E-state index contributed by atoms with van der Waals surface area (Å²) in [6.07, 6.45) is 3.92. The fraction of sp³-hybridized carbons (Fsp3) is 1.00. The molecule has 0 amide bonds. The fourth-order valence-electron chi connectivity index (χ4n) is 2.56. The van der Waals surface area contributed by atoms with Crippen LogP contribution in [-0.4, -0.2) is 43.8 Å². The molecule has 0 saturated carbocycles. The molecule has 2 atom stereocenters. The zero-order chi connectivity index (χ0) is 9.10. The lowest BCUT2D eigenvalue weighted by molar-refractivity contribution is -0.00203. The Hall–Kier alpha value is -0.120. The first-order chi connectivity index (χ1) is 6.42. The average Bonchev–Trinajstić information content (AvgIpc) is 2.70. The van der Waals surface area contributed by atoms with Crippen molar-refractivity contribution in [3.63, 3.8) is 0 Å². The normalized spacial score (nSPS) is 36.7.